The highest BCUT2D eigenvalue weighted by Gasteiger charge is 2.45. The number of halogens is 2. The van der Waals surface area contributed by atoms with Gasteiger partial charge in [-0.15, -0.1) is 11.3 Å². The Morgan fingerprint density at radius 1 is 0.940 bits per heavy atom. The van der Waals surface area contributed by atoms with Crippen molar-refractivity contribution in [2.45, 2.75) is 116 Å². The summed E-state index contributed by atoms with van der Waals surface area (Å²) in [4.78, 5) is 91.5. The molecule has 20 nitrogen and oxygen atoms in total. The van der Waals surface area contributed by atoms with E-state index in [1.54, 1.807) is 16.8 Å². The van der Waals surface area contributed by atoms with Crippen LogP contribution in [0.2, 0.25) is 5.02 Å². The zero-order valence-electron chi connectivity index (χ0n) is 48.1. The van der Waals surface area contributed by atoms with Crippen LogP contribution in [0.3, 0.4) is 0 Å². The second-order valence-corrected chi connectivity index (χ2v) is 24.2. The number of hydrogen-bond donors (Lipinski definition) is 4. The monoisotopic (exact) mass is 1190 g/mol. The van der Waals surface area contributed by atoms with Gasteiger partial charge in [0.05, 0.1) is 71.2 Å². The first-order valence-corrected chi connectivity index (χ1v) is 30.0. The van der Waals surface area contributed by atoms with E-state index in [1.165, 1.54) is 9.80 Å². The molecule has 0 bridgehead atoms. The number of amides is 5. The third-order valence-corrected chi connectivity index (χ3v) is 17.4. The molecule has 3 fully saturated rings. The van der Waals surface area contributed by atoms with Gasteiger partial charge in [-0.2, -0.15) is 15.2 Å². The predicted octanol–water partition coefficient (Wildman–Crippen LogP) is 6.26. The van der Waals surface area contributed by atoms with Crippen LogP contribution < -0.4 is 30.5 Å². The minimum atomic E-state index is -1.07. The van der Waals surface area contributed by atoms with Gasteiger partial charge in [0.15, 0.2) is 5.83 Å². The molecule has 6 heterocycles. The number of rotatable bonds is 22. The second kappa shape index (κ2) is 27.6. The number of aryl methyl sites for hydroxylation is 1. The Balaban J connectivity index is 0.735. The number of nitriles is 1. The van der Waals surface area contributed by atoms with Gasteiger partial charge in [0.2, 0.25) is 23.6 Å². The van der Waals surface area contributed by atoms with Crippen LogP contribution in [0.15, 0.2) is 78.6 Å². The number of β-amino-alcohol motifs (C(OH)–C–C–N with tert-alkyl or cyclic N) is 1. The molecule has 9 rings (SSSR count). The Morgan fingerprint density at radius 3 is 2.46 bits per heavy atom. The third-order valence-electron chi connectivity index (χ3n) is 16.1. The van der Waals surface area contributed by atoms with Crippen LogP contribution in [-0.2, 0) is 48.2 Å². The van der Waals surface area contributed by atoms with E-state index in [0.717, 1.165) is 68.8 Å². The number of benzene rings is 3. The number of nitrogens with one attached hydrogen (secondary N) is 3. The Morgan fingerprint density at radius 2 is 1.73 bits per heavy atom. The number of aromatic nitrogens is 3. The number of thiazole rings is 1. The molecule has 0 spiro atoms. The van der Waals surface area contributed by atoms with E-state index < -0.39 is 53.2 Å². The lowest BCUT2D eigenvalue weighted by atomic mass is 9.85. The summed E-state index contributed by atoms with van der Waals surface area (Å²) < 4.78 is 26.3. The van der Waals surface area contributed by atoms with Crippen LogP contribution in [-0.4, -0.2) is 167 Å². The number of likely N-dealkylation sites (tertiary alicyclic amines) is 2. The molecule has 446 valence electrons. The average molecular weight is 1190 g/mol. The molecule has 23 heteroatoms. The normalized spacial score (nSPS) is 19.4. The summed E-state index contributed by atoms with van der Waals surface area (Å²) in [6.07, 6.45) is 1.73. The Bertz CT molecular complexity index is 3260. The van der Waals surface area contributed by atoms with Crippen LogP contribution in [0.5, 0.6) is 6.01 Å². The van der Waals surface area contributed by atoms with Crippen molar-refractivity contribution >= 4 is 74.8 Å². The summed E-state index contributed by atoms with van der Waals surface area (Å²) in [6.45, 7) is 14.7. The first-order valence-electron chi connectivity index (χ1n) is 28.7. The molecule has 4 aliphatic heterocycles. The summed E-state index contributed by atoms with van der Waals surface area (Å²) in [7, 11) is 0. The molecular formula is C61H74ClFN12O8S. The summed E-state index contributed by atoms with van der Waals surface area (Å²) in [5, 5.41) is 31.7. The van der Waals surface area contributed by atoms with E-state index >= 15 is 0 Å². The maximum Gasteiger partial charge on any atom is 0.318 e. The van der Waals surface area contributed by atoms with Gasteiger partial charge >= 0.3 is 6.01 Å². The van der Waals surface area contributed by atoms with Crippen molar-refractivity contribution in [2.75, 3.05) is 82.0 Å². The molecule has 0 aliphatic carbocycles. The van der Waals surface area contributed by atoms with Crippen molar-refractivity contribution in [3.05, 3.63) is 106 Å². The van der Waals surface area contributed by atoms with Crippen LogP contribution in [0.4, 0.5) is 15.9 Å². The molecule has 4 aliphatic rings. The average Bonchev–Trinajstić information content (AvgIpc) is 2.38. The molecule has 0 unspecified atom stereocenters. The van der Waals surface area contributed by atoms with E-state index in [9.17, 15) is 38.7 Å². The predicted molar refractivity (Wildman–Crippen MR) is 319 cm³/mol. The quantitative estimate of drug-likeness (QED) is 0.0442. The number of anilines is 2. The van der Waals surface area contributed by atoms with E-state index in [0.29, 0.717) is 43.4 Å². The van der Waals surface area contributed by atoms with Crippen LogP contribution in [0.1, 0.15) is 81.8 Å². The van der Waals surface area contributed by atoms with E-state index in [1.807, 2.05) is 87.2 Å². The number of ether oxygens (including phenoxy) is 2. The summed E-state index contributed by atoms with van der Waals surface area (Å²) in [5.74, 6) is -2.65. The fourth-order valence-electron chi connectivity index (χ4n) is 11.6. The Hall–Kier alpha value is -7.29. The third kappa shape index (κ3) is 14.8. The standard InChI is InChI=1S/C61H74ClFN12O8S/c1-38(63)58(80)74-28-27-73(33-43(74)18-22-64)56-46-19-25-72(49-13-7-10-41-9-6-12-47(62)53(41)49)35-48(46)68-60(70-56)83-36-44-11-8-24-71(44)26-20-51(77)65-23-30-82-29-21-52(78)69-55(61(3,4)5)59(81)75-34-45(76)31-50(75)57(79)66-32-40-14-16-42(17-15-40)54-39(2)67-37-84-54/h6-7,9-10,12-17,37,43-45,50,55,76H,1,8,11,18-21,23-36H2,2-5H3,(H,65,77)(H,66,79)(H,69,78)/t43-,44-,45+,50-,55+/m0/s1. The maximum absolute atomic E-state index is 14.1. The second-order valence-electron chi connectivity index (χ2n) is 23.0. The Labute approximate surface area is 498 Å². The highest BCUT2D eigenvalue weighted by molar-refractivity contribution is 7.13. The molecule has 3 saturated heterocycles. The Kier molecular flexibility index (Phi) is 20.1. The topological polar surface area (TPSA) is 239 Å². The van der Waals surface area contributed by atoms with Crippen molar-refractivity contribution in [3.63, 3.8) is 0 Å². The molecule has 0 saturated carbocycles. The molecule has 5 amide bonds. The molecule has 4 N–H and O–H groups in total. The number of aliphatic hydroxyl groups is 1. The number of hydrogen-bond acceptors (Lipinski definition) is 16. The van der Waals surface area contributed by atoms with Crippen molar-refractivity contribution in [2.24, 2.45) is 5.41 Å². The van der Waals surface area contributed by atoms with Gasteiger partial charge in [-0.05, 0) is 66.8 Å². The highest BCUT2D eigenvalue weighted by Crippen LogP contribution is 2.38. The molecule has 3 aromatic carbocycles. The smallest absolute Gasteiger partial charge is 0.318 e. The van der Waals surface area contributed by atoms with Crippen molar-refractivity contribution < 1.29 is 42.9 Å². The van der Waals surface area contributed by atoms with Gasteiger partial charge < -0.3 is 50.1 Å². The van der Waals surface area contributed by atoms with Crippen LogP contribution in [0, 0.1) is 23.7 Å². The van der Waals surface area contributed by atoms with E-state index in [-0.39, 0.29) is 102 Å². The van der Waals surface area contributed by atoms with Crippen molar-refractivity contribution in [1.29, 1.82) is 5.26 Å². The zero-order valence-corrected chi connectivity index (χ0v) is 49.7. The van der Waals surface area contributed by atoms with Crippen LogP contribution in [0.25, 0.3) is 21.2 Å². The van der Waals surface area contributed by atoms with Gasteiger partial charge in [0.25, 0.3) is 5.91 Å². The molecule has 84 heavy (non-hydrogen) atoms. The minimum Gasteiger partial charge on any atom is -0.462 e. The lowest BCUT2D eigenvalue weighted by Gasteiger charge is -2.42. The molecule has 5 atom stereocenters. The van der Waals surface area contributed by atoms with E-state index in [2.05, 4.69) is 49.4 Å². The zero-order chi connectivity index (χ0) is 59.7. The van der Waals surface area contributed by atoms with Gasteiger partial charge in [0, 0.05) is 94.3 Å². The number of piperazine rings is 1. The number of carbonyl (C=O) groups excluding carboxylic acids is 5. The molecule has 2 aromatic heterocycles. The molecular weight excluding hydrogens is 1120 g/mol. The summed E-state index contributed by atoms with van der Waals surface area (Å²) >= 11 is 8.35. The maximum atomic E-state index is 14.1. The molecule has 0 radical (unpaired) electrons. The van der Waals surface area contributed by atoms with Crippen molar-refractivity contribution in [3.8, 4) is 22.5 Å². The summed E-state index contributed by atoms with van der Waals surface area (Å²) in [6, 6.07) is 19.6. The fraction of sp³-hybridized carbons (Fsp3) is 0.492. The fourth-order valence-corrected chi connectivity index (χ4v) is 12.7. The van der Waals surface area contributed by atoms with Crippen molar-refractivity contribution in [1.82, 2.24) is 45.6 Å². The molecule has 5 aromatic rings. The number of aliphatic hydroxyl groups excluding tert-OH is 1. The number of fused-ring (bicyclic) bond motifs is 2. The number of carbonyl (C=O) groups is 5. The lowest BCUT2D eigenvalue weighted by molar-refractivity contribution is -0.144. The first kappa shape index (κ1) is 61.3. The lowest BCUT2D eigenvalue weighted by Crippen LogP contribution is -2.57. The first-order chi connectivity index (χ1) is 40.4. The number of nitrogens with zero attached hydrogens (tertiary/aromatic N) is 9. The SMILES string of the molecule is C=C(F)C(=O)N1CCN(c2nc(OC[C@@H]3CCCN3CCC(=O)NCCOCCC(=O)N[C@H](C(=O)N3C[C@H](O)C[C@H]3C(=O)NCc3ccc(-c4scnc4C)cc3)C(C)(C)C)nc3c2CCN(c2cccc4cccc(Cl)c24)C3)C[C@@H]1CC#N. The van der Waals surface area contributed by atoms with Gasteiger partial charge in [-0.25, -0.2) is 9.37 Å². The highest BCUT2D eigenvalue weighted by atomic mass is 35.5. The van der Waals surface area contributed by atoms with Gasteiger partial charge in [0.1, 0.15) is 24.5 Å². The largest absolute Gasteiger partial charge is 0.462 e. The summed E-state index contributed by atoms with van der Waals surface area (Å²) in [5.41, 5.74) is 6.64. The van der Waals surface area contributed by atoms with Gasteiger partial charge in [-0.3, -0.25) is 28.9 Å². The van der Waals surface area contributed by atoms with E-state index in [4.69, 9.17) is 31.0 Å². The van der Waals surface area contributed by atoms with Crippen LogP contribution >= 0.6 is 22.9 Å². The minimum absolute atomic E-state index is 0.00274. The van der Waals surface area contributed by atoms with Gasteiger partial charge in [-0.1, -0.05) is 87.5 Å².